The van der Waals surface area contributed by atoms with E-state index in [-0.39, 0.29) is 31.2 Å². The standard InChI is InChI=1S/C40H57N7O9/c1-24(2)32(33(48)41-26(5)35(50)47-20-10-11-29(43-47)36(51)52)55-37(53)40(18-21-46(22-19-40)34(49)25(3)4)17-16-27-12-13-28-14-15-31(42-30(28)23-27)45(9)44-38(54)56-39(6,7)8/h12-17,23-26,29,32,43H,10-11,18-22H2,1-9H3,(H,41,48)(H,44,54)(H,51,52)/b17-16+/t26?,29-,32?/m0/s1. The number of rotatable bonds is 12. The van der Waals surface area contributed by atoms with Crippen LogP contribution in [0.4, 0.5) is 10.6 Å². The first-order chi connectivity index (χ1) is 26.2. The average Bonchev–Trinajstić information content (AvgIpc) is 3.14. The third kappa shape index (κ3) is 11.2. The third-order valence-corrected chi connectivity index (χ3v) is 9.74. The number of carbonyl (C=O) groups excluding carboxylic acids is 5. The summed E-state index contributed by atoms with van der Waals surface area (Å²) in [5, 5.41) is 15.6. The molecular weight excluding hydrogens is 722 g/mol. The second-order valence-electron chi connectivity index (χ2n) is 16.2. The minimum absolute atomic E-state index is 0.0190. The maximum Gasteiger partial charge on any atom is 0.426 e. The predicted molar refractivity (Wildman–Crippen MR) is 209 cm³/mol. The molecule has 2 saturated heterocycles. The van der Waals surface area contributed by atoms with E-state index in [1.54, 1.807) is 64.8 Å². The van der Waals surface area contributed by atoms with Crippen LogP contribution in [-0.4, -0.2) is 106 Å². The number of amides is 4. The number of nitrogens with one attached hydrogen (secondary N) is 3. The van der Waals surface area contributed by atoms with Crippen molar-refractivity contribution in [2.75, 3.05) is 31.7 Å². The maximum absolute atomic E-state index is 14.3. The number of carbonyl (C=O) groups is 6. The molecule has 3 heterocycles. The number of benzene rings is 1. The van der Waals surface area contributed by atoms with Gasteiger partial charge in [-0.05, 0) is 83.1 Å². The van der Waals surface area contributed by atoms with E-state index in [4.69, 9.17) is 14.5 Å². The van der Waals surface area contributed by atoms with Crippen LogP contribution in [0.3, 0.4) is 0 Å². The number of ether oxygens (including phenoxy) is 2. The number of anilines is 1. The van der Waals surface area contributed by atoms with Crippen molar-refractivity contribution in [3.05, 3.63) is 42.0 Å². The number of carboxylic acid groups (broad SMARTS) is 1. The van der Waals surface area contributed by atoms with Crippen LogP contribution in [0, 0.1) is 17.3 Å². The normalized spacial score (nSPS) is 18.4. The lowest BCUT2D eigenvalue weighted by Gasteiger charge is -2.39. The van der Waals surface area contributed by atoms with Gasteiger partial charge in [-0.2, -0.15) is 0 Å². The van der Waals surface area contributed by atoms with Crippen molar-refractivity contribution >= 4 is 58.6 Å². The fraction of sp³-hybridized carbons (Fsp3) is 0.575. The molecule has 2 aromatic rings. The highest BCUT2D eigenvalue weighted by Crippen LogP contribution is 2.37. The number of hydrogen-bond donors (Lipinski definition) is 4. The van der Waals surface area contributed by atoms with Crippen molar-refractivity contribution < 1.29 is 43.3 Å². The van der Waals surface area contributed by atoms with E-state index >= 15 is 0 Å². The van der Waals surface area contributed by atoms with Crippen LogP contribution in [-0.2, 0) is 33.4 Å². The second-order valence-corrected chi connectivity index (χ2v) is 16.2. The van der Waals surface area contributed by atoms with E-state index in [1.165, 1.54) is 16.9 Å². The quantitative estimate of drug-likeness (QED) is 0.178. The van der Waals surface area contributed by atoms with Crippen molar-refractivity contribution in [2.45, 2.75) is 105 Å². The van der Waals surface area contributed by atoms with Gasteiger partial charge in [-0.1, -0.05) is 52.0 Å². The van der Waals surface area contributed by atoms with Crippen molar-refractivity contribution in [3.8, 4) is 0 Å². The molecule has 2 unspecified atom stereocenters. The van der Waals surface area contributed by atoms with E-state index in [0.29, 0.717) is 37.3 Å². The molecule has 306 valence electrons. The molecule has 2 aliphatic heterocycles. The number of aromatic nitrogens is 1. The number of carboxylic acids is 1. The fourth-order valence-electron chi connectivity index (χ4n) is 6.53. The summed E-state index contributed by atoms with van der Waals surface area (Å²) >= 11 is 0. The Bertz CT molecular complexity index is 1810. The molecule has 1 aromatic carbocycles. The Kier molecular flexibility index (Phi) is 14.1. The molecular formula is C40H57N7O9. The Labute approximate surface area is 328 Å². The average molecular weight is 780 g/mol. The summed E-state index contributed by atoms with van der Waals surface area (Å²) < 4.78 is 11.4. The molecule has 0 spiro atoms. The van der Waals surface area contributed by atoms with Crippen LogP contribution >= 0.6 is 0 Å². The summed E-state index contributed by atoms with van der Waals surface area (Å²) in [6, 6.07) is 7.33. The highest BCUT2D eigenvalue weighted by Gasteiger charge is 2.44. The zero-order valence-electron chi connectivity index (χ0n) is 33.9. The number of pyridine rings is 1. The first kappa shape index (κ1) is 43.5. The second kappa shape index (κ2) is 18.1. The fourth-order valence-corrected chi connectivity index (χ4v) is 6.53. The molecule has 3 atom stereocenters. The van der Waals surface area contributed by atoms with E-state index in [0.717, 1.165) is 10.9 Å². The number of aliphatic carboxylic acids is 1. The van der Waals surface area contributed by atoms with Gasteiger partial charge in [0, 0.05) is 38.0 Å². The SMILES string of the molecule is CC(C)C(=O)N1CCC(/C=C/c2ccc3ccc(N(C)NC(=O)OC(C)(C)C)nc3c2)(C(=O)OC(C(=O)NC(C)C(=O)N2CCC[C@@H](C(=O)O)N2)C(C)C)CC1. The van der Waals surface area contributed by atoms with Gasteiger partial charge >= 0.3 is 18.0 Å². The number of esters is 1. The smallest absolute Gasteiger partial charge is 0.426 e. The van der Waals surface area contributed by atoms with E-state index in [1.807, 2.05) is 38.1 Å². The van der Waals surface area contributed by atoms with Crippen molar-refractivity contribution in [1.82, 2.24) is 31.1 Å². The van der Waals surface area contributed by atoms with Gasteiger partial charge in [0.2, 0.25) is 5.91 Å². The molecule has 1 aromatic heterocycles. The Morgan fingerprint density at radius 3 is 2.27 bits per heavy atom. The topological polar surface area (TPSA) is 200 Å². The lowest BCUT2D eigenvalue weighted by atomic mass is 9.77. The summed E-state index contributed by atoms with van der Waals surface area (Å²) in [5.41, 5.74) is 4.86. The van der Waals surface area contributed by atoms with Crippen molar-refractivity contribution in [1.29, 1.82) is 0 Å². The largest absolute Gasteiger partial charge is 0.480 e. The van der Waals surface area contributed by atoms with Gasteiger partial charge in [-0.3, -0.25) is 34.0 Å². The minimum Gasteiger partial charge on any atom is -0.480 e. The van der Waals surface area contributed by atoms with Gasteiger partial charge < -0.3 is 24.8 Å². The third-order valence-electron chi connectivity index (χ3n) is 9.74. The molecule has 16 heteroatoms. The number of likely N-dealkylation sites (tertiary alicyclic amines) is 1. The Morgan fingerprint density at radius 2 is 1.66 bits per heavy atom. The molecule has 0 aliphatic carbocycles. The van der Waals surface area contributed by atoms with Gasteiger partial charge in [-0.15, -0.1) is 0 Å². The first-order valence-electron chi connectivity index (χ1n) is 19.1. The predicted octanol–water partition coefficient (Wildman–Crippen LogP) is 4.04. The van der Waals surface area contributed by atoms with E-state index in [2.05, 4.69) is 16.2 Å². The molecule has 56 heavy (non-hydrogen) atoms. The van der Waals surface area contributed by atoms with E-state index in [9.17, 15) is 33.9 Å². The lowest BCUT2D eigenvalue weighted by Crippen LogP contribution is -2.60. The molecule has 0 radical (unpaired) electrons. The highest BCUT2D eigenvalue weighted by atomic mass is 16.6. The van der Waals surface area contributed by atoms with Gasteiger partial charge in [0.05, 0.1) is 10.9 Å². The maximum atomic E-state index is 14.3. The molecule has 4 N–H and O–H groups in total. The first-order valence-corrected chi connectivity index (χ1v) is 19.1. The molecule has 0 bridgehead atoms. The summed E-state index contributed by atoms with van der Waals surface area (Å²) in [6.07, 6.45) is 3.08. The Hall–Kier alpha value is -5.25. The van der Waals surface area contributed by atoms with Crippen LogP contribution in [0.1, 0.15) is 86.6 Å². The van der Waals surface area contributed by atoms with Gasteiger partial charge in [-0.25, -0.2) is 20.6 Å². The summed E-state index contributed by atoms with van der Waals surface area (Å²) in [5.74, 6) is -3.09. The van der Waals surface area contributed by atoms with Crippen molar-refractivity contribution in [2.24, 2.45) is 17.3 Å². The monoisotopic (exact) mass is 779 g/mol. The zero-order valence-corrected chi connectivity index (χ0v) is 33.9. The lowest BCUT2D eigenvalue weighted by molar-refractivity contribution is -0.169. The number of piperidine rings is 1. The molecule has 0 saturated carbocycles. The van der Waals surface area contributed by atoms with Crippen LogP contribution in [0.2, 0.25) is 0 Å². The summed E-state index contributed by atoms with van der Waals surface area (Å²) in [4.78, 5) is 84.2. The van der Waals surface area contributed by atoms with E-state index < -0.39 is 65.0 Å². The minimum atomic E-state index is -1.24. The molecule has 16 nitrogen and oxygen atoms in total. The Morgan fingerprint density at radius 1 is 1.00 bits per heavy atom. The van der Waals surface area contributed by atoms with Crippen LogP contribution < -0.4 is 21.2 Å². The van der Waals surface area contributed by atoms with Crippen LogP contribution in [0.25, 0.3) is 17.0 Å². The van der Waals surface area contributed by atoms with Gasteiger partial charge in [0.15, 0.2) is 6.10 Å². The Balaban J connectivity index is 1.55. The molecule has 2 fully saturated rings. The van der Waals surface area contributed by atoms with Crippen LogP contribution in [0.5, 0.6) is 0 Å². The number of fused-ring (bicyclic) bond motifs is 1. The highest BCUT2D eigenvalue weighted by molar-refractivity contribution is 5.92. The van der Waals surface area contributed by atoms with Crippen molar-refractivity contribution in [3.63, 3.8) is 0 Å². The van der Waals surface area contributed by atoms with Gasteiger partial charge in [0.1, 0.15) is 23.5 Å². The molecule has 4 rings (SSSR count). The molecule has 4 amide bonds. The molecule has 2 aliphatic rings. The number of hydrogen-bond acceptors (Lipinski definition) is 11. The summed E-state index contributed by atoms with van der Waals surface area (Å²) in [6.45, 7) is 14.8. The number of nitrogens with zero attached hydrogens (tertiary/aromatic N) is 4. The zero-order chi connectivity index (χ0) is 41.5. The van der Waals surface area contributed by atoms with Gasteiger partial charge in [0.25, 0.3) is 11.8 Å². The number of hydrazine groups is 2. The summed E-state index contributed by atoms with van der Waals surface area (Å²) in [7, 11) is 1.65. The van der Waals surface area contributed by atoms with Crippen LogP contribution in [0.15, 0.2) is 36.4 Å².